The number of aromatic nitrogens is 1. The topological polar surface area (TPSA) is 34.0 Å². The van der Waals surface area contributed by atoms with Crippen LogP contribution in [0.3, 0.4) is 0 Å². The van der Waals surface area contributed by atoms with Gasteiger partial charge in [0.1, 0.15) is 5.69 Å². The zero-order valence-corrected chi connectivity index (χ0v) is 10.5. The van der Waals surface area contributed by atoms with Gasteiger partial charge in [0.2, 0.25) is 0 Å². The quantitative estimate of drug-likeness (QED) is 0.901. The predicted octanol–water partition coefficient (Wildman–Crippen LogP) is 2.72. The van der Waals surface area contributed by atoms with Crippen LogP contribution < -0.4 is 5.32 Å². The Hall–Kier alpha value is -0.770. The summed E-state index contributed by atoms with van der Waals surface area (Å²) < 4.78 is 3.05. The Morgan fingerprint density at radius 2 is 2.27 bits per heavy atom. The molecule has 82 valence electrons. The van der Waals surface area contributed by atoms with Crippen LogP contribution in [0.1, 0.15) is 43.2 Å². The van der Waals surface area contributed by atoms with E-state index >= 15 is 0 Å². The van der Waals surface area contributed by atoms with Gasteiger partial charge in [0, 0.05) is 22.8 Å². The highest BCUT2D eigenvalue weighted by molar-refractivity contribution is 9.10. The third-order valence-electron chi connectivity index (χ3n) is 2.41. The summed E-state index contributed by atoms with van der Waals surface area (Å²) in [5.74, 6) is 0.0163. The average Bonchev–Trinajstić information content (AvgIpc) is 2.88. The van der Waals surface area contributed by atoms with Crippen molar-refractivity contribution in [2.24, 2.45) is 0 Å². The molecule has 0 bridgehead atoms. The number of rotatable bonds is 3. The summed E-state index contributed by atoms with van der Waals surface area (Å²) in [5.41, 5.74) is 0.762. The average molecular weight is 271 g/mol. The van der Waals surface area contributed by atoms with Gasteiger partial charge in [-0.15, -0.1) is 0 Å². The molecule has 2 rings (SSSR count). The second kappa shape index (κ2) is 4.00. The maximum Gasteiger partial charge on any atom is 0.268 e. The second-order valence-corrected chi connectivity index (χ2v) is 5.23. The molecule has 1 aliphatic carbocycles. The fourth-order valence-electron chi connectivity index (χ4n) is 1.62. The minimum absolute atomic E-state index is 0.0163. The highest BCUT2D eigenvalue weighted by atomic mass is 79.9. The number of nitrogens with zero attached hydrogens (tertiary/aromatic N) is 1. The molecule has 0 aliphatic heterocycles. The first-order valence-electron chi connectivity index (χ1n) is 5.26. The molecule has 0 aromatic carbocycles. The Balaban J connectivity index is 2.22. The summed E-state index contributed by atoms with van der Waals surface area (Å²) in [5, 5.41) is 2.91. The fraction of sp³-hybridized carbons (Fsp3) is 0.545. The molecule has 1 amide bonds. The molecule has 15 heavy (non-hydrogen) atoms. The van der Waals surface area contributed by atoms with Crippen molar-refractivity contribution in [2.75, 3.05) is 0 Å². The van der Waals surface area contributed by atoms with E-state index in [-0.39, 0.29) is 11.9 Å². The SMILES string of the molecule is CC(C)NC(=O)c1cc(Br)cn1C1CC1. The van der Waals surface area contributed by atoms with Crippen LogP contribution in [0.25, 0.3) is 0 Å². The number of hydrogen-bond acceptors (Lipinski definition) is 1. The molecule has 0 unspecified atom stereocenters. The van der Waals surface area contributed by atoms with Gasteiger partial charge < -0.3 is 9.88 Å². The van der Waals surface area contributed by atoms with Crippen molar-refractivity contribution >= 4 is 21.8 Å². The van der Waals surface area contributed by atoms with Crippen LogP contribution in [0, 0.1) is 0 Å². The van der Waals surface area contributed by atoms with Crippen LogP contribution in [0.15, 0.2) is 16.7 Å². The van der Waals surface area contributed by atoms with Gasteiger partial charge in [-0.3, -0.25) is 4.79 Å². The van der Waals surface area contributed by atoms with Gasteiger partial charge >= 0.3 is 0 Å². The summed E-state index contributed by atoms with van der Waals surface area (Å²) in [6.45, 7) is 3.94. The number of amides is 1. The molecule has 1 heterocycles. The molecule has 1 saturated carbocycles. The second-order valence-electron chi connectivity index (χ2n) is 4.31. The number of carbonyl (C=O) groups is 1. The summed E-state index contributed by atoms with van der Waals surface area (Å²) in [6.07, 6.45) is 4.36. The predicted molar refractivity (Wildman–Crippen MR) is 63.0 cm³/mol. The van der Waals surface area contributed by atoms with E-state index in [1.807, 2.05) is 26.1 Å². The normalized spacial score (nSPS) is 15.7. The van der Waals surface area contributed by atoms with Crippen LogP contribution in [-0.2, 0) is 0 Å². The first kappa shape index (κ1) is 10.7. The van der Waals surface area contributed by atoms with Gasteiger partial charge in [-0.1, -0.05) is 0 Å². The van der Waals surface area contributed by atoms with Crippen molar-refractivity contribution in [1.29, 1.82) is 0 Å². The van der Waals surface area contributed by atoms with Crippen molar-refractivity contribution < 1.29 is 4.79 Å². The Kier molecular flexibility index (Phi) is 2.87. The lowest BCUT2D eigenvalue weighted by Gasteiger charge is -2.10. The van der Waals surface area contributed by atoms with Crippen molar-refractivity contribution in [3.8, 4) is 0 Å². The highest BCUT2D eigenvalue weighted by Crippen LogP contribution is 2.37. The van der Waals surface area contributed by atoms with Crippen molar-refractivity contribution in [3.05, 3.63) is 22.4 Å². The van der Waals surface area contributed by atoms with E-state index in [1.54, 1.807) is 0 Å². The lowest BCUT2D eigenvalue weighted by Crippen LogP contribution is -2.31. The number of halogens is 1. The minimum Gasteiger partial charge on any atom is -0.349 e. The maximum atomic E-state index is 11.9. The lowest BCUT2D eigenvalue weighted by atomic mass is 10.3. The molecule has 0 atom stereocenters. The molecule has 1 aromatic rings. The minimum atomic E-state index is 0.0163. The van der Waals surface area contributed by atoms with E-state index in [0.717, 1.165) is 10.2 Å². The molecule has 1 aromatic heterocycles. The summed E-state index contributed by atoms with van der Waals surface area (Å²) >= 11 is 3.41. The number of hydrogen-bond donors (Lipinski definition) is 1. The van der Waals surface area contributed by atoms with Gasteiger partial charge in [0.25, 0.3) is 5.91 Å². The molecule has 0 spiro atoms. The lowest BCUT2D eigenvalue weighted by molar-refractivity contribution is 0.0933. The van der Waals surface area contributed by atoms with Gasteiger partial charge in [0.05, 0.1) is 0 Å². The standard InChI is InChI=1S/C11H15BrN2O/c1-7(2)13-11(15)10-5-8(12)6-14(10)9-3-4-9/h5-7,9H,3-4H2,1-2H3,(H,13,15). The molecule has 1 N–H and O–H groups in total. The first-order chi connectivity index (χ1) is 7.08. The van der Waals surface area contributed by atoms with Crippen molar-refractivity contribution in [2.45, 2.75) is 38.8 Å². The van der Waals surface area contributed by atoms with E-state index in [2.05, 4.69) is 25.8 Å². The number of carbonyl (C=O) groups excluding carboxylic acids is 1. The summed E-state index contributed by atoms with van der Waals surface area (Å²) in [6, 6.07) is 2.60. The Morgan fingerprint density at radius 3 is 2.80 bits per heavy atom. The van der Waals surface area contributed by atoms with E-state index in [4.69, 9.17) is 0 Å². The molecule has 4 heteroatoms. The number of nitrogens with one attached hydrogen (secondary N) is 1. The summed E-state index contributed by atoms with van der Waals surface area (Å²) in [4.78, 5) is 11.9. The van der Waals surface area contributed by atoms with Crippen molar-refractivity contribution in [1.82, 2.24) is 9.88 Å². The van der Waals surface area contributed by atoms with E-state index < -0.39 is 0 Å². The smallest absolute Gasteiger partial charge is 0.268 e. The van der Waals surface area contributed by atoms with Crippen molar-refractivity contribution in [3.63, 3.8) is 0 Å². The van der Waals surface area contributed by atoms with Gasteiger partial charge in [-0.2, -0.15) is 0 Å². The fourth-order valence-corrected chi connectivity index (χ4v) is 2.06. The van der Waals surface area contributed by atoms with Crippen LogP contribution in [0.5, 0.6) is 0 Å². The highest BCUT2D eigenvalue weighted by Gasteiger charge is 2.27. The molecule has 1 fully saturated rings. The van der Waals surface area contributed by atoms with Gasteiger partial charge in [-0.05, 0) is 48.7 Å². The Morgan fingerprint density at radius 1 is 1.60 bits per heavy atom. The summed E-state index contributed by atoms with van der Waals surface area (Å²) in [7, 11) is 0. The van der Waals surface area contributed by atoms with Gasteiger partial charge in [0.15, 0.2) is 0 Å². The monoisotopic (exact) mass is 270 g/mol. The van der Waals surface area contributed by atoms with Crippen LogP contribution in [0.4, 0.5) is 0 Å². The molecule has 1 aliphatic rings. The first-order valence-corrected chi connectivity index (χ1v) is 6.05. The largest absolute Gasteiger partial charge is 0.349 e. The molecular weight excluding hydrogens is 256 g/mol. The zero-order chi connectivity index (χ0) is 11.0. The van der Waals surface area contributed by atoms with E-state index in [1.165, 1.54) is 12.8 Å². The van der Waals surface area contributed by atoms with Crippen LogP contribution in [-0.4, -0.2) is 16.5 Å². The van der Waals surface area contributed by atoms with Crippen LogP contribution in [0.2, 0.25) is 0 Å². The zero-order valence-electron chi connectivity index (χ0n) is 8.96. The van der Waals surface area contributed by atoms with E-state index in [0.29, 0.717) is 6.04 Å². The molecule has 0 saturated heterocycles. The van der Waals surface area contributed by atoms with Gasteiger partial charge in [-0.25, -0.2) is 0 Å². The third-order valence-corrected chi connectivity index (χ3v) is 2.84. The third kappa shape index (κ3) is 2.43. The Labute approximate surface area is 98.0 Å². The Bertz CT molecular complexity index is 380. The molecule has 0 radical (unpaired) electrons. The molecular formula is C11H15BrN2O. The van der Waals surface area contributed by atoms with E-state index in [9.17, 15) is 4.79 Å². The van der Waals surface area contributed by atoms with Crippen LogP contribution >= 0.6 is 15.9 Å². The molecule has 3 nitrogen and oxygen atoms in total. The maximum absolute atomic E-state index is 11.9.